The number of carbonyl (C=O) groups excluding carboxylic acids is 1. The van der Waals surface area contributed by atoms with Crippen LogP contribution in [-0.2, 0) is 4.79 Å². The van der Waals surface area contributed by atoms with Crippen LogP contribution in [0.25, 0.3) is 0 Å². The number of halogens is 2. The highest BCUT2D eigenvalue weighted by molar-refractivity contribution is 6.20. The summed E-state index contributed by atoms with van der Waals surface area (Å²) in [5.74, 6) is 0.471. The maximum Gasteiger partial charge on any atom is 0.237 e. The summed E-state index contributed by atoms with van der Waals surface area (Å²) in [4.78, 5) is 17.9. The second kappa shape index (κ2) is 8.97. The summed E-state index contributed by atoms with van der Waals surface area (Å²) in [6.45, 7) is 4.38. The Labute approximate surface area is 180 Å². The van der Waals surface area contributed by atoms with Crippen LogP contribution in [0.4, 0.5) is 4.39 Å². The fraction of sp³-hybridized carbons (Fsp3) is 0.955. The molecule has 5 nitrogen and oxygen atoms in total. The van der Waals surface area contributed by atoms with Gasteiger partial charge in [0.15, 0.2) is 0 Å². The lowest BCUT2D eigenvalue weighted by Crippen LogP contribution is -2.52. The molecular weight excluding hydrogens is 391 g/mol. The number of fused-ring (bicyclic) bond motifs is 1. The average molecular weight is 429 g/mol. The number of hydrogen-bond acceptors (Lipinski definition) is 4. The SMILES string of the molecule is CC1CCC(F)C2CC(C(=O)NC3CC(Cl)CC(N4CCC(N(C)C)C4)C3)NC12. The molecule has 0 aromatic rings. The predicted octanol–water partition coefficient (Wildman–Crippen LogP) is 2.38. The molecule has 0 aromatic carbocycles. The second-order valence-corrected chi connectivity index (χ2v) is 10.9. The quantitative estimate of drug-likeness (QED) is 0.675. The van der Waals surface area contributed by atoms with Gasteiger partial charge in [-0.2, -0.15) is 0 Å². The average Bonchev–Trinajstić information content (AvgIpc) is 3.32. The van der Waals surface area contributed by atoms with Gasteiger partial charge in [-0.3, -0.25) is 9.69 Å². The van der Waals surface area contributed by atoms with E-state index in [1.54, 1.807) is 0 Å². The molecule has 2 saturated heterocycles. The first-order valence-electron chi connectivity index (χ1n) is 11.6. The predicted molar refractivity (Wildman–Crippen MR) is 115 cm³/mol. The van der Waals surface area contributed by atoms with Gasteiger partial charge in [-0.15, -0.1) is 11.6 Å². The zero-order valence-corrected chi connectivity index (χ0v) is 18.9. The molecule has 2 aliphatic heterocycles. The number of likely N-dealkylation sites (N-methyl/N-ethyl adjacent to an activating group) is 1. The van der Waals surface area contributed by atoms with Crippen molar-refractivity contribution >= 4 is 17.5 Å². The second-order valence-electron chi connectivity index (χ2n) is 10.3. The molecule has 0 bridgehead atoms. The molecular formula is C22H38ClFN4O. The van der Waals surface area contributed by atoms with E-state index >= 15 is 0 Å². The van der Waals surface area contributed by atoms with Crippen LogP contribution in [0.1, 0.15) is 51.9 Å². The third-order valence-electron chi connectivity index (χ3n) is 8.07. The van der Waals surface area contributed by atoms with Crippen LogP contribution in [0.15, 0.2) is 0 Å². The van der Waals surface area contributed by atoms with E-state index in [4.69, 9.17) is 11.6 Å². The molecule has 2 N–H and O–H groups in total. The van der Waals surface area contributed by atoms with Crippen molar-refractivity contribution < 1.29 is 9.18 Å². The molecule has 29 heavy (non-hydrogen) atoms. The Bertz CT molecular complexity index is 575. The van der Waals surface area contributed by atoms with E-state index in [2.05, 4.69) is 41.5 Å². The molecule has 0 radical (unpaired) electrons. The summed E-state index contributed by atoms with van der Waals surface area (Å²) >= 11 is 6.61. The Morgan fingerprint density at radius 3 is 2.66 bits per heavy atom. The molecule has 1 amide bonds. The Hall–Kier alpha value is -0.430. The number of nitrogens with one attached hydrogen (secondary N) is 2. The monoisotopic (exact) mass is 428 g/mol. The molecule has 4 aliphatic rings. The van der Waals surface area contributed by atoms with Crippen molar-refractivity contribution in [3.05, 3.63) is 0 Å². The van der Waals surface area contributed by atoms with Crippen LogP contribution in [-0.4, -0.2) is 84.6 Å². The summed E-state index contributed by atoms with van der Waals surface area (Å²) in [5, 5.41) is 6.83. The molecule has 9 atom stereocenters. The largest absolute Gasteiger partial charge is 0.352 e. The highest BCUT2D eigenvalue weighted by Gasteiger charge is 2.46. The van der Waals surface area contributed by atoms with Gasteiger partial charge in [0.2, 0.25) is 5.91 Å². The minimum Gasteiger partial charge on any atom is -0.352 e. The number of amides is 1. The molecule has 2 saturated carbocycles. The Morgan fingerprint density at radius 1 is 1.17 bits per heavy atom. The lowest BCUT2D eigenvalue weighted by atomic mass is 9.77. The van der Waals surface area contributed by atoms with Crippen LogP contribution in [0.2, 0.25) is 0 Å². The first-order chi connectivity index (χ1) is 13.8. The van der Waals surface area contributed by atoms with E-state index in [9.17, 15) is 9.18 Å². The van der Waals surface area contributed by atoms with Gasteiger partial charge in [0.05, 0.1) is 6.04 Å². The smallest absolute Gasteiger partial charge is 0.237 e. The van der Waals surface area contributed by atoms with E-state index in [1.807, 2.05) is 0 Å². The van der Waals surface area contributed by atoms with Crippen molar-refractivity contribution in [1.82, 2.24) is 20.4 Å². The van der Waals surface area contributed by atoms with Gasteiger partial charge in [-0.25, -0.2) is 4.39 Å². The fourth-order valence-electron chi connectivity index (χ4n) is 6.26. The summed E-state index contributed by atoms with van der Waals surface area (Å²) in [5.41, 5.74) is 0. The topological polar surface area (TPSA) is 47.6 Å². The van der Waals surface area contributed by atoms with Gasteiger partial charge in [0.1, 0.15) is 6.17 Å². The molecule has 0 spiro atoms. The zero-order valence-electron chi connectivity index (χ0n) is 18.1. The van der Waals surface area contributed by atoms with Crippen molar-refractivity contribution in [2.24, 2.45) is 11.8 Å². The number of alkyl halides is 2. The number of likely N-dealkylation sites (tertiary alicyclic amines) is 1. The van der Waals surface area contributed by atoms with Crippen LogP contribution in [0.5, 0.6) is 0 Å². The van der Waals surface area contributed by atoms with Crippen LogP contribution in [0, 0.1) is 11.8 Å². The highest BCUT2D eigenvalue weighted by atomic mass is 35.5. The van der Waals surface area contributed by atoms with Crippen molar-refractivity contribution in [3.8, 4) is 0 Å². The van der Waals surface area contributed by atoms with Gasteiger partial charge >= 0.3 is 0 Å². The van der Waals surface area contributed by atoms with E-state index < -0.39 is 6.17 Å². The fourth-order valence-corrected chi connectivity index (χ4v) is 6.68. The van der Waals surface area contributed by atoms with E-state index in [1.165, 1.54) is 6.42 Å². The van der Waals surface area contributed by atoms with E-state index in [-0.39, 0.29) is 35.3 Å². The molecule has 0 aromatic heterocycles. The summed E-state index contributed by atoms with van der Waals surface area (Å²) in [6.07, 6.45) is 5.40. The zero-order chi connectivity index (χ0) is 20.7. The summed E-state index contributed by atoms with van der Waals surface area (Å²) in [6, 6.07) is 1.05. The van der Waals surface area contributed by atoms with Gasteiger partial charge in [0.25, 0.3) is 0 Å². The molecule has 4 rings (SSSR count). The minimum atomic E-state index is -0.771. The van der Waals surface area contributed by atoms with Crippen LogP contribution < -0.4 is 10.6 Å². The third kappa shape index (κ3) is 4.76. The van der Waals surface area contributed by atoms with Gasteiger partial charge < -0.3 is 15.5 Å². The maximum absolute atomic E-state index is 14.4. The first kappa shape index (κ1) is 21.8. The Balaban J connectivity index is 1.32. The van der Waals surface area contributed by atoms with Gasteiger partial charge in [-0.05, 0) is 65.0 Å². The normalized spacial score (nSPS) is 46.1. The van der Waals surface area contributed by atoms with Gasteiger partial charge in [-0.1, -0.05) is 6.92 Å². The first-order valence-corrected chi connectivity index (χ1v) is 12.0. The lowest BCUT2D eigenvalue weighted by Gasteiger charge is -2.38. The third-order valence-corrected chi connectivity index (χ3v) is 8.42. The van der Waals surface area contributed by atoms with Gasteiger partial charge in [0, 0.05) is 48.6 Å². The van der Waals surface area contributed by atoms with Crippen LogP contribution >= 0.6 is 11.6 Å². The molecule has 166 valence electrons. The highest BCUT2D eigenvalue weighted by Crippen LogP contribution is 2.39. The molecule has 2 heterocycles. The molecule has 9 unspecified atom stereocenters. The Morgan fingerprint density at radius 2 is 1.97 bits per heavy atom. The van der Waals surface area contributed by atoms with Crippen molar-refractivity contribution in [2.45, 2.75) is 93.6 Å². The lowest BCUT2D eigenvalue weighted by molar-refractivity contribution is -0.124. The van der Waals surface area contributed by atoms with Crippen LogP contribution in [0.3, 0.4) is 0 Å². The van der Waals surface area contributed by atoms with Crippen molar-refractivity contribution in [1.29, 1.82) is 0 Å². The molecule has 2 aliphatic carbocycles. The van der Waals surface area contributed by atoms with E-state index in [0.717, 1.165) is 38.8 Å². The number of hydrogen-bond donors (Lipinski definition) is 2. The number of nitrogens with zero attached hydrogens (tertiary/aromatic N) is 2. The maximum atomic E-state index is 14.4. The minimum absolute atomic E-state index is 0.0121. The standard InChI is InChI=1S/C22H38ClFN4O/c1-13-4-5-19(24)18-11-20(26-21(13)18)22(29)25-15-8-14(23)9-17(10-15)28-7-6-16(12-28)27(2)3/h13-21,26H,4-12H2,1-3H3,(H,25,29). The summed E-state index contributed by atoms with van der Waals surface area (Å²) < 4.78 is 14.4. The molecule has 7 heteroatoms. The Kier molecular flexibility index (Phi) is 6.74. The number of carbonyl (C=O) groups is 1. The van der Waals surface area contributed by atoms with E-state index in [0.29, 0.717) is 30.8 Å². The number of rotatable bonds is 4. The molecule has 4 fully saturated rings. The van der Waals surface area contributed by atoms with Crippen molar-refractivity contribution in [2.75, 3.05) is 27.2 Å². The summed E-state index contributed by atoms with van der Waals surface area (Å²) in [7, 11) is 4.30. The van der Waals surface area contributed by atoms with Crippen molar-refractivity contribution in [3.63, 3.8) is 0 Å².